The van der Waals surface area contributed by atoms with Gasteiger partial charge >= 0.3 is 0 Å². The third-order valence-corrected chi connectivity index (χ3v) is 6.24. The van der Waals surface area contributed by atoms with Crippen LogP contribution in [0.5, 0.6) is 0 Å². The van der Waals surface area contributed by atoms with Crippen LogP contribution in [0.15, 0.2) is 24.3 Å². The Morgan fingerprint density at radius 3 is 2.54 bits per heavy atom. The fourth-order valence-corrected chi connectivity index (χ4v) is 4.77. The molecule has 2 heterocycles. The quantitative estimate of drug-likeness (QED) is 0.923. The molecule has 0 bridgehead atoms. The first-order valence-corrected chi connectivity index (χ1v) is 9.54. The van der Waals surface area contributed by atoms with Crippen LogP contribution >= 0.6 is 0 Å². The molecule has 3 atom stereocenters. The van der Waals surface area contributed by atoms with E-state index in [1.165, 1.54) is 16.7 Å². The van der Waals surface area contributed by atoms with Crippen molar-refractivity contribution >= 4 is 5.91 Å². The summed E-state index contributed by atoms with van der Waals surface area (Å²) < 4.78 is 1.93. The minimum atomic E-state index is 0.0633. The molecule has 1 saturated heterocycles. The highest BCUT2D eigenvalue weighted by molar-refractivity contribution is 5.80. The molecule has 4 rings (SSSR count). The Kier molecular flexibility index (Phi) is 4.35. The van der Waals surface area contributed by atoms with Crippen molar-refractivity contribution in [3.05, 3.63) is 52.3 Å². The first-order chi connectivity index (χ1) is 12.5. The minimum Gasteiger partial charge on any atom is -0.337 e. The molecule has 5 heteroatoms. The zero-order valence-corrected chi connectivity index (χ0v) is 16.1. The summed E-state index contributed by atoms with van der Waals surface area (Å²) in [6, 6.07) is 9.36. The van der Waals surface area contributed by atoms with E-state index >= 15 is 0 Å². The number of nitrogens with zero attached hydrogens (tertiary/aromatic N) is 3. The molecular formula is C21H28N4O. The smallest absolute Gasteiger partial charge is 0.224 e. The number of carbonyl (C=O) groups is 1. The van der Waals surface area contributed by atoms with E-state index < -0.39 is 0 Å². The van der Waals surface area contributed by atoms with Gasteiger partial charge in [0, 0.05) is 43.9 Å². The largest absolute Gasteiger partial charge is 0.337 e. The molecule has 0 saturated carbocycles. The molecule has 0 radical (unpaired) electrons. The molecule has 1 aromatic heterocycles. The van der Waals surface area contributed by atoms with Gasteiger partial charge in [0.05, 0.1) is 11.7 Å². The second kappa shape index (κ2) is 6.54. The molecule has 1 N–H and O–H groups in total. The second-order valence-electron chi connectivity index (χ2n) is 7.84. The van der Waals surface area contributed by atoms with Crippen molar-refractivity contribution in [2.75, 3.05) is 7.05 Å². The molecule has 2 aromatic rings. The van der Waals surface area contributed by atoms with Gasteiger partial charge in [0.2, 0.25) is 5.91 Å². The topological polar surface area (TPSA) is 50.2 Å². The number of aromatic nitrogens is 2. The number of amides is 1. The Hall–Kier alpha value is -2.14. The van der Waals surface area contributed by atoms with Gasteiger partial charge in [-0.15, -0.1) is 0 Å². The molecule has 1 aromatic carbocycles. The van der Waals surface area contributed by atoms with Crippen LogP contribution in [0, 0.1) is 13.8 Å². The summed E-state index contributed by atoms with van der Waals surface area (Å²) in [6.07, 6.45) is 3.85. The first kappa shape index (κ1) is 17.3. The predicted octanol–water partition coefficient (Wildman–Crippen LogP) is 2.46. The second-order valence-corrected chi connectivity index (χ2v) is 7.84. The third-order valence-electron chi connectivity index (χ3n) is 6.24. The SMILES string of the molecule is Cc1nn(C)c(C)c1[C@H]1[C@H](NC2CCc3ccccc3C2)CC(=O)N1C. The van der Waals surface area contributed by atoms with Crippen molar-refractivity contribution < 1.29 is 4.79 Å². The zero-order valence-electron chi connectivity index (χ0n) is 16.1. The zero-order chi connectivity index (χ0) is 18.4. The summed E-state index contributed by atoms with van der Waals surface area (Å²) in [5.74, 6) is 0.214. The van der Waals surface area contributed by atoms with Crippen molar-refractivity contribution in [1.82, 2.24) is 20.0 Å². The van der Waals surface area contributed by atoms with Gasteiger partial charge in [-0.1, -0.05) is 24.3 Å². The van der Waals surface area contributed by atoms with Gasteiger partial charge in [-0.3, -0.25) is 9.48 Å². The van der Waals surface area contributed by atoms with Gasteiger partial charge in [-0.05, 0) is 44.2 Å². The van der Waals surface area contributed by atoms with Crippen LogP contribution in [0.4, 0.5) is 0 Å². The van der Waals surface area contributed by atoms with Crippen molar-refractivity contribution in [1.29, 1.82) is 0 Å². The van der Waals surface area contributed by atoms with Crippen LogP contribution in [0.2, 0.25) is 0 Å². The van der Waals surface area contributed by atoms with E-state index in [4.69, 9.17) is 0 Å². The van der Waals surface area contributed by atoms with E-state index in [1.54, 1.807) is 0 Å². The average molecular weight is 352 g/mol. The number of benzene rings is 1. The number of likely N-dealkylation sites (N-methyl/N-ethyl adjacent to an activating group) is 1. The highest BCUT2D eigenvalue weighted by atomic mass is 16.2. The normalized spacial score (nSPS) is 25.6. The van der Waals surface area contributed by atoms with E-state index in [0.29, 0.717) is 12.5 Å². The third kappa shape index (κ3) is 2.84. The number of hydrogen-bond acceptors (Lipinski definition) is 3. The number of aryl methyl sites for hydroxylation is 3. The number of hydrogen-bond donors (Lipinski definition) is 1. The van der Waals surface area contributed by atoms with Gasteiger partial charge in [-0.25, -0.2) is 0 Å². The summed E-state index contributed by atoms with van der Waals surface area (Å²) in [5, 5.41) is 8.41. The lowest BCUT2D eigenvalue weighted by molar-refractivity contribution is -0.127. The number of nitrogens with one attached hydrogen (secondary N) is 1. The number of fused-ring (bicyclic) bond motifs is 1. The molecule has 1 aliphatic carbocycles. The van der Waals surface area contributed by atoms with Crippen LogP contribution in [0.25, 0.3) is 0 Å². The Labute approximate surface area is 155 Å². The molecule has 26 heavy (non-hydrogen) atoms. The minimum absolute atomic E-state index is 0.0633. The van der Waals surface area contributed by atoms with Crippen molar-refractivity contribution in [3.8, 4) is 0 Å². The number of rotatable bonds is 3. The summed E-state index contributed by atoms with van der Waals surface area (Å²) in [5.41, 5.74) is 6.29. The molecule has 5 nitrogen and oxygen atoms in total. The summed E-state index contributed by atoms with van der Waals surface area (Å²) in [4.78, 5) is 14.4. The highest BCUT2D eigenvalue weighted by Gasteiger charge is 2.42. The predicted molar refractivity (Wildman–Crippen MR) is 102 cm³/mol. The van der Waals surface area contributed by atoms with Crippen LogP contribution < -0.4 is 5.32 Å². The Morgan fingerprint density at radius 2 is 1.85 bits per heavy atom. The first-order valence-electron chi connectivity index (χ1n) is 9.54. The van der Waals surface area contributed by atoms with Crippen molar-refractivity contribution in [2.24, 2.45) is 7.05 Å². The monoisotopic (exact) mass is 352 g/mol. The maximum Gasteiger partial charge on any atom is 0.224 e. The molecule has 1 fully saturated rings. The number of likely N-dealkylation sites (tertiary alicyclic amines) is 1. The molecule has 1 unspecified atom stereocenters. The van der Waals surface area contributed by atoms with E-state index in [2.05, 4.69) is 41.6 Å². The molecular weight excluding hydrogens is 324 g/mol. The summed E-state index contributed by atoms with van der Waals surface area (Å²) in [6.45, 7) is 4.15. The molecule has 138 valence electrons. The number of carbonyl (C=O) groups excluding carboxylic acids is 1. The maximum absolute atomic E-state index is 12.5. The van der Waals surface area contributed by atoms with Gasteiger partial charge in [0.25, 0.3) is 0 Å². The fourth-order valence-electron chi connectivity index (χ4n) is 4.77. The van der Waals surface area contributed by atoms with E-state index in [9.17, 15) is 4.79 Å². The van der Waals surface area contributed by atoms with Crippen LogP contribution in [-0.2, 0) is 24.7 Å². The van der Waals surface area contributed by atoms with E-state index in [-0.39, 0.29) is 18.0 Å². The summed E-state index contributed by atoms with van der Waals surface area (Å²) >= 11 is 0. The van der Waals surface area contributed by atoms with Crippen LogP contribution in [0.3, 0.4) is 0 Å². The van der Waals surface area contributed by atoms with Gasteiger partial charge in [-0.2, -0.15) is 5.10 Å². The summed E-state index contributed by atoms with van der Waals surface area (Å²) in [7, 11) is 3.90. The van der Waals surface area contributed by atoms with Crippen LogP contribution in [0.1, 0.15) is 47.0 Å². The molecule has 0 spiro atoms. The van der Waals surface area contributed by atoms with Gasteiger partial charge < -0.3 is 10.2 Å². The fraction of sp³-hybridized carbons (Fsp3) is 0.524. The highest BCUT2D eigenvalue weighted by Crippen LogP contribution is 2.36. The molecule has 1 aliphatic heterocycles. The Balaban J connectivity index is 1.58. The average Bonchev–Trinajstić information content (AvgIpc) is 3.03. The Morgan fingerprint density at radius 1 is 1.12 bits per heavy atom. The van der Waals surface area contributed by atoms with Crippen LogP contribution in [-0.4, -0.2) is 39.7 Å². The van der Waals surface area contributed by atoms with Gasteiger partial charge in [0.1, 0.15) is 0 Å². The standard InChI is InChI=1S/C21H28N4O/c1-13-20(14(2)25(4)23-13)21-18(12-19(26)24(21)3)22-17-10-9-15-7-5-6-8-16(15)11-17/h5-8,17-18,21-22H,9-12H2,1-4H3/t17?,18-,21-/m1/s1. The molecule has 2 aliphatic rings. The van der Waals surface area contributed by atoms with Crippen molar-refractivity contribution in [3.63, 3.8) is 0 Å². The lowest BCUT2D eigenvalue weighted by Gasteiger charge is -2.32. The van der Waals surface area contributed by atoms with Gasteiger partial charge in [0.15, 0.2) is 0 Å². The lowest BCUT2D eigenvalue weighted by atomic mass is 9.87. The van der Waals surface area contributed by atoms with E-state index in [0.717, 1.165) is 30.7 Å². The lowest BCUT2D eigenvalue weighted by Crippen LogP contribution is -2.44. The van der Waals surface area contributed by atoms with E-state index in [1.807, 2.05) is 30.6 Å². The molecule has 1 amide bonds. The van der Waals surface area contributed by atoms with Crippen molar-refractivity contribution in [2.45, 2.75) is 57.7 Å². The Bertz CT molecular complexity index is 841. The maximum atomic E-state index is 12.5.